The van der Waals surface area contributed by atoms with Crippen LogP contribution in [-0.4, -0.2) is 55.8 Å². The smallest absolute Gasteiger partial charge is 0.335 e. The number of ether oxygens (including phenoxy) is 2. The fourth-order valence-corrected chi connectivity index (χ4v) is 4.28. The quantitative estimate of drug-likeness (QED) is 0.320. The maximum absolute atomic E-state index is 10.9. The lowest BCUT2D eigenvalue weighted by Gasteiger charge is -2.30. The van der Waals surface area contributed by atoms with Gasteiger partial charge in [0.05, 0.1) is 0 Å². The number of nitrogens with two attached hydrogens (primary N) is 2. The molecule has 0 spiro atoms. The Morgan fingerprint density at radius 3 is 1.50 bits per heavy atom. The molecule has 196 valence electrons. The van der Waals surface area contributed by atoms with Crippen molar-refractivity contribution in [2.45, 2.75) is 75.8 Å². The van der Waals surface area contributed by atoms with Crippen LogP contribution in [0, 0.1) is 0 Å². The summed E-state index contributed by atoms with van der Waals surface area (Å²) in [5.74, 6) is -1.01. The van der Waals surface area contributed by atoms with Crippen LogP contribution in [0.5, 0.6) is 11.5 Å². The number of aliphatic carboxylic acids is 2. The molecule has 0 radical (unpaired) electrons. The van der Waals surface area contributed by atoms with Crippen LogP contribution < -0.4 is 20.9 Å². The van der Waals surface area contributed by atoms with Gasteiger partial charge >= 0.3 is 11.9 Å². The van der Waals surface area contributed by atoms with Gasteiger partial charge in [-0.3, -0.25) is 0 Å². The summed E-state index contributed by atoms with van der Waals surface area (Å²) in [6, 6.07) is 10.8. The fourth-order valence-electron chi connectivity index (χ4n) is 4.28. The minimum Gasteiger partial charge on any atom is -0.490 e. The summed E-state index contributed by atoms with van der Waals surface area (Å²) in [5.41, 5.74) is 11.3. The number of carbonyl (C=O) groups is 2. The van der Waals surface area contributed by atoms with Gasteiger partial charge in [-0.05, 0) is 87.1 Å². The molecule has 0 aliphatic carbocycles. The van der Waals surface area contributed by atoms with E-state index in [4.69, 9.17) is 31.2 Å². The molecule has 8 N–H and O–H groups in total. The zero-order valence-corrected chi connectivity index (χ0v) is 20.4. The van der Waals surface area contributed by atoms with Crippen LogP contribution in [0.2, 0.25) is 0 Å². The normalized spacial score (nSPS) is 21.6. The number of rotatable bonds is 6. The number of fused-ring (bicyclic) bond motifs is 2. The Bertz CT molecular complexity index is 1030. The van der Waals surface area contributed by atoms with Crippen LogP contribution in [0.4, 0.5) is 11.4 Å². The van der Waals surface area contributed by atoms with Crippen LogP contribution in [0.1, 0.15) is 50.7 Å². The first-order valence-electron chi connectivity index (χ1n) is 11.8. The Balaban J connectivity index is 0.000000201. The first-order chi connectivity index (χ1) is 16.8. The van der Waals surface area contributed by atoms with E-state index in [1.54, 1.807) is 24.3 Å². The maximum Gasteiger partial charge on any atom is 0.335 e. The molecule has 2 aliphatic rings. The van der Waals surface area contributed by atoms with Gasteiger partial charge < -0.3 is 41.4 Å². The molecule has 0 saturated carbocycles. The molecule has 0 bridgehead atoms. The van der Waals surface area contributed by atoms with Gasteiger partial charge in [0.15, 0.2) is 11.2 Å². The second kappa shape index (κ2) is 10.6. The third kappa shape index (κ3) is 6.79. The summed E-state index contributed by atoms with van der Waals surface area (Å²) >= 11 is 0. The van der Waals surface area contributed by atoms with Crippen molar-refractivity contribution in [3.8, 4) is 11.5 Å². The Hall–Kier alpha value is -3.50. The van der Waals surface area contributed by atoms with E-state index in [0.29, 0.717) is 24.2 Å². The minimum atomic E-state index is -1.75. The number of carboxylic acids is 2. The number of anilines is 2. The van der Waals surface area contributed by atoms with Crippen molar-refractivity contribution in [2.24, 2.45) is 0 Å². The predicted octanol–water partition coefficient (Wildman–Crippen LogP) is 2.38. The molecule has 10 heteroatoms. The SMILES string of the molecule is C[C@@](O)(C[C@H]1CCc2cc(N)ccc2O1)C(=O)O.C[C@](O)(C[C@H]1CCc2cc(N)ccc2O1)C(=O)O. The molecule has 2 aromatic carbocycles. The number of aryl methyl sites for hydroxylation is 2. The highest BCUT2D eigenvalue weighted by atomic mass is 16.5. The minimum absolute atomic E-state index is 0.0755. The van der Waals surface area contributed by atoms with E-state index < -0.39 is 23.1 Å². The van der Waals surface area contributed by atoms with Crippen LogP contribution in [0.15, 0.2) is 36.4 Å². The summed E-state index contributed by atoms with van der Waals surface area (Å²) in [6.07, 6.45) is 2.50. The van der Waals surface area contributed by atoms with Gasteiger partial charge in [-0.25, -0.2) is 9.59 Å². The molecular formula is C26H34N2O8. The first kappa shape index (κ1) is 27.1. The molecule has 36 heavy (non-hydrogen) atoms. The third-order valence-electron chi connectivity index (χ3n) is 6.40. The molecule has 0 aromatic heterocycles. The van der Waals surface area contributed by atoms with Crippen molar-refractivity contribution in [3.05, 3.63) is 47.5 Å². The molecule has 0 unspecified atom stereocenters. The van der Waals surface area contributed by atoms with Crippen LogP contribution >= 0.6 is 0 Å². The van der Waals surface area contributed by atoms with Gasteiger partial charge in [0, 0.05) is 24.2 Å². The Kier molecular flexibility index (Phi) is 8.00. The second-order valence-corrected chi connectivity index (χ2v) is 9.86. The summed E-state index contributed by atoms with van der Waals surface area (Å²) in [6.45, 7) is 2.58. The molecular weight excluding hydrogens is 468 g/mol. The Morgan fingerprint density at radius 2 is 1.17 bits per heavy atom. The highest BCUT2D eigenvalue weighted by Crippen LogP contribution is 2.33. The standard InChI is InChI=1S/2C13H17NO4/c2*1-13(17,12(15)16)7-10-4-2-8-6-9(14)3-5-11(8)18-10/h2*3,5-6,10,17H,2,4,7,14H2,1H3,(H,15,16)/t10-,13+;10-,13-/m11/s1. The number of benzene rings is 2. The summed E-state index contributed by atoms with van der Waals surface area (Å²) in [7, 11) is 0. The van der Waals surface area contributed by atoms with Crippen molar-refractivity contribution in [1.82, 2.24) is 0 Å². The van der Waals surface area contributed by atoms with E-state index in [9.17, 15) is 19.8 Å². The number of hydrogen-bond donors (Lipinski definition) is 6. The van der Waals surface area contributed by atoms with Crippen LogP contribution in [0.25, 0.3) is 0 Å². The average molecular weight is 503 g/mol. The molecule has 0 amide bonds. The molecule has 0 fully saturated rings. The maximum atomic E-state index is 10.9. The molecule has 2 aromatic rings. The van der Waals surface area contributed by atoms with E-state index in [-0.39, 0.29) is 25.0 Å². The van der Waals surface area contributed by atoms with Gasteiger partial charge in [-0.15, -0.1) is 0 Å². The molecule has 2 heterocycles. The van der Waals surface area contributed by atoms with Gasteiger partial charge in [0.2, 0.25) is 0 Å². The molecule has 4 rings (SSSR count). The predicted molar refractivity (Wildman–Crippen MR) is 133 cm³/mol. The lowest BCUT2D eigenvalue weighted by molar-refractivity contribution is -0.159. The van der Waals surface area contributed by atoms with Crippen molar-refractivity contribution in [2.75, 3.05) is 11.5 Å². The Morgan fingerprint density at radius 1 is 0.806 bits per heavy atom. The van der Waals surface area contributed by atoms with Gasteiger partial charge in [-0.2, -0.15) is 0 Å². The van der Waals surface area contributed by atoms with E-state index in [1.807, 2.05) is 12.1 Å². The van der Waals surface area contributed by atoms with Gasteiger partial charge in [-0.1, -0.05) is 0 Å². The topological polar surface area (TPSA) is 186 Å². The van der Waals surface area contributed by atoms with Gasteiger partial charge in [0.1, 0.15) is 23.7 Å². The summed E-state index contributed by atoms with van der Waals surface area (Å²) in [4.78, 5) is 21.7. The lowest BCUT2D eigenvalue weighted by atomic mass is 9.92. The largest absolute Gasteiger partial charge is 0.490 e. The zero-order chi connectivity index (χ0) is 26.7. The first-order valence-corrected chi connectivity index (χ1v) is 11.8. The lowest BCUT2D eigenvalue weighted by Crippen LogP contribution is -2.41. The molecule has 2 aliphatic heterocycles. The molecule has 4 atom stereocenters. The number of carboxylic acid groups (broad SMARTS) is 2. The number of nitrogen functional groups attached to an aromatic ring is 2. The highest BCUT2D eigenvalue weighted by Gasteiger charge is 2.36. The Labute approximate surface area is 209 Å². The third-order valence-corrected chi connectivity index (χ3v) is 6.40. The van der Waals surface area contributed by atoms with Crippen molar-refractivity contribution < 1.29 is 39.5 Å². The van der Waals surface area contributed by atoms with Crippen LogP contribution in [0.3, 0.4) is 0 Å². The van der Waals surface area contributed by atoms with E-state index in [1.165, 1.54) is 13.8 Å². The zero-order valence-electron chi connectivity index (χ0n) is 20.4. The highest BCUT2D eigenvalue weighted by molar-refractivity contribution is 5.77. The summed E-state index contributed by atoms with van der Waals surface area (Å²) in [5, 5.41) is 37.2. The van der Waals surface area contributed by atoms with E-state index >= 15 is 0 Å². The molecule has 10 nitrogen and oxygen atoms in total. The van der Waals surface area contributed by atoms with E-state index in [2.05, 4.69) is 0 Å². The monoisotopic (exact) mass is 502 g/mol. The molecule has 0 saturated heterocycles. The second-order valence-electron chi connectivity index (χ2n) is 9.86. The van der Waals surface area contributed by atoms with Gasteiger partial charge in [0.25, 0.3) is 0 Å². The van der Waals surface area contributed by atoms with E-state index in [0.717, 1.165) is 35.5 Å². The fraction of sp³-hybridized carbons (Fsp3) is 0.462. The number of aliphatic hydroxyl groups is 2. The van der Waals surface area contributed by atoms with Crippen LogP contribution in [-0.2, 0) is 22.4 Å². The number of hydrogen-bond acceptors (Lipinski definition) is 8. The average Bonchev–Trinajstić information content (AvgIpc) is 2.79. The summed E-state index contributed by atoms with van der Waals surface area (Å²) < 4.78 is 11.4. The van der Waals surface area contributed by atoms with Crippen molar-refractivity contribution in [3.63, 3.8) is 0 Å². The van der Waals surface area contributed by atoms with Crippen molar-refractivity contribution >= 4 is 23.3 Å². The van der Waals surface area contributed by atoms with Crippen molar-refractivity contribution in [1.29, 1.82) is 0 Å².